The Morgan fingerprint density at radius 1 is 1.15 bits per heavy atom. The maximum atomic E-state index is 13.2. The fourth-order valence-corrected chi connectivity index (χ4v) is 3.41. The highest BCUT2D eigenvalue weighted by atomic mass is 35.5. The van der Waals surface area contributed by atoms with Gasteiger partial charge in [-0.2, -0.15) is 5.26 Å². The lowest BCUT2D eigenvalue weighted by Crippen LogP contribution is -2.57. The highest BCUT2D eigenvalue weighted by molar-refractivity contribution is 6.30. The number of hydrogen-bond donors (Lipinski definition) is 0. The van der Waals surface area contributed by atoms with Gasteiger partial charge in [0.05, 0.1) is 11.6 Å². The maximum absolute atomic E-state index is 13.2. The number of benzene rings is 2. The summed E-state index contributed by atoms with van der Waals surface area (Å²) in [5.74, 6) is -0.266. The molecule has 0 aliphatic carbocycles. The second-order valence-corrected chi connectivity index (χ2v) is 7.24. The SMILES string of the molecule is CC(C)N1CC(=O)N(Cc2ccccc2C#N)C(c2ccc(Cl)cc2)C1=O. The molecule has 1 aliphatic heterocycles. The molecule has 2 amide bonds. The highest BCUT2D eigenvalue weighted by Crippen LogP contribution is 2.31. The van der Waals surface area contributed by atoms with Crippen molar-refractivity contribution < 1.29 is 9.59 Å². The largest absolute Gasteiger partial charge is 0.329 e. The van der Waals surface area contributed by atoms with Gasteiger partial charge in [0.15, 0.2) is 0 Å². The fraction of sp³-hybridized carbons (Fsp3) is 0.286. The average molecular weight is 382 g/mol. The molecular formula is C21H20ClN3O2. The Morgan fingerprint density at radius 2 is 1.81 bits per heavy atom. The van der Waals surface area contributed by atoms with Crippen LogP contribution in [0.2, 0.25) is 5.02 Å². The smallest absolute Gasteiger partial charge is 0.250 e. The molecular weight excluding hydrogens is 362 g/mol. The molecule has 0 bridgehead atoms. The molecule has 1 aliphatic rings. The van der Waals surface area contributed by atoms with Gasteiger partial charge in [-0.3, -0.25) is 9.59 Å². The number of nitriles is 1. The molecule has 0 spiro atoms. The van der Waals surface area contributed by atoms with Crippen molar-refractivity contribution >= 4 is 23.4 Å². The molecule has 3 rings (SSSR count). The van der Waals surface area contributed by atoms with E-state index in [1.165, 1.54) is 0 Å². The minimum Gasteiger partial charge on any atom is -0.329 e. The van der Waals surface area contributed by atoms with Crippen LogP contribution >= 0.6 is 11.6 Å². The first-order valence-corrected chi connectivity index (χ1v) is 9.13. The van der Waals surface area contributed by atoms with E-state index in [1.54, 1.807) is 46.2 Å². The molecule has 2 aromatic carbocycles. The van der Waals surface area contributed by atoms with Crippen molar-refractivity contribution in [1.82, 2.24) is 9.80 Å². The summed E-state index contributed by atoms with van der Waals surface area (Å²) >= 11 is 5.99. The van der Waals surface area contributed by atoms with Crippen LogP contribution in [0.15, 0.2) is 48.5 Å². The first-order chi connectivity index (χ1) is 12.9. The molecule has 1 fully saturated rings. The van der Waals surface area contributed by atoms with Gasteiger partial charge in [0.1, 0.15) is 12.6 Å². The predicted molar refractivity (Wildman–Crippen MR) is 103 cm³/mol. The van der Waals surface area contributed by atoms with Gasteiger partial charge in [-0.05, 0) is 43.2 Å². The van der Waals surface area contributed by atoms with E-state index in [0.717, 1.165) is 5.56 Å². The van der Waals surface area contributed by atoms with Gasteiger partial charge in [-0.15, -0.1) is 0 Å². The molecule has 0 saturated carbocycles. The van der Waals surface area contributed by atoms with Crippen LogP contribution in [0, 0.1) is 11.3 Å². The summed E-state index contributed by atoms with van der Waals surface area (Å²) in [6.07, 6.45) is 0. The van der Waals surface area contributed by atoms with Gasteiger partial charge in [-0.1, -0.05) is 41.9 Å². The summed E-state index contributed by atoms with van der Waals surface area (Å²) < 4.78 is 0. The van der Waals surface area contributed by atoms with E-state index in [4.69, 9.17) is 11.6 Å². The number of amides is 2. The van der Waals surface area contributed by atoms with E-state index in [1.807, 2.05) is 26.0 Å². The topological polar surface area (TPSA) is 64.4 Å². The Bertz CT molecular complexity index is 902. The lowest BCUT2D eigenvalue weighted by atomic mass is 9.98. The number of hydrogen-bond acceptors (Lipinski definition) is 3. The Balaban J connectivity index is 2.03. The predicted octanol–water partition coefficient (Wildman–Crippen LogP) is 3.53. The zero-order valence-corrected chi connectivity index (χ0v) is 16.0. The second kappa shape index (κ2) is 7.81. The van der Waals surface area contributed by atoms with Gasteiger partial charge in [0.2, 0.25) is 5.91 Å². The highest BCUT2D eigenvalue weighted by Gasteiger charge is 2.41. The second-order valence-electron chi connectivity index (χ2n) is 6.80. The molecule has 0 N–H and O–H groups in total. The molecule has 1 unspecified atom stereocenters. The van der Waals surface area contributed by atoms with Crippen molar-refractivity contribution in [3.05, 3.63) is 70.2 Å². The van der Waals surface area contributed by atoms with Crippen molar-refractivity contribution in [3.8, 4) is 6.07 Å². The summed E-state index contributed by atoms with van der Waals surface area (Å²) in [4.78, 5) is 29.3. The summed E-state index contributed by atoms with van der Waals surface area (Å²) in [7, 11) is 0. The van der Waals surface area contributed by atoms with Crippen LogP contribution in [0.5, 0.6) is 0 Å². The number of halogens is 1. The molecule has 1 heterocycles. The third kappa shape index (κ3) is 3.81. The van der Waals surface area contributed by atoms with Crippen molar-refractivity contribution in [1.29, 1.82) is 5.26 Å². The van der Waals surface area contributed by atoms with Crippen molar-refractivity contribution in [2.75, 3.05) is 6.54 Å². The summed E-state index contributed by atoms with van der Waals surface area (Å²) in [5, 5.41) is 9.92. The molecule has 5 nitrogen and oxygen atoms in total. The Morgan fingerprint density at radius 3 is 2.44 bits per heavy atom. The fourth-order valence-electron chi connectivity index (χ4n) is 3.28. The normalized spacial score (nSPS) is 17.4. The zero-order chi connectivity index (χ0) is 19.6. The number of carbonyl (C=O) groups excluding carboxylic acids is 2. The zero-order valence-electron chi connectivity index (χ0n) is 15.2. The van der Waals surface area contributed by atoms with E-state index in [0.29, 0.717) is 16.1 Å². The minimum atomic E-state index is -0.738. The Kier molecular flexibility index (Phi) is 5.48. The van der Waals surface area contributed by atoms with Crippen LogP contribution in [0.1, 0.15) is 36.6 Å². The van der Waals surface area contributed by atoms with E-state index < -0.39 is 6.04 Å². The molecule has 138 valence electrons. The first kappa shape index (κ1) is 18.9. The molecule has 1 atom stereocenters. The quantitative estimate of drug-likeness (QED) is 0.813. The van der Waals surface area contributed by atoms with Crippen LogP contribution < -0.4 is 0 Å². The van der Waals surface area contributed by atoms with E-state index in [2.05, 4.69) is 6.07 Å². The lowest BCUT2D eigenvalue weighted by Gasteiger charge is -2.42. The van der Waals surface area contributed by atoms with Crippen LogP contribution in [-0.4, -0.2) is 34.2 Å². The van der Waals surface area contributed by atoms with Gasteiger partial charge >= 0.3 is 0 Å². The summed E-state index contributed by atoms with van der Waals surface area (Å²) in [6.45, 7) is 4.03. The molecule has 0 radical (unpaired) electrons. The first-order valence-electron chi connectivity index (χ1n) is 8.75. The van der Waals surface area contributed by atoms with E-state index in [-0.39, 0.29) is 30.9 Å². The third-order valence-corrected chi connectivity index (χ3v) is 4.99. The van der Waals surface area contributed by atoms with Gasteiger partial charge < -0.3 is 9.80 Å². The number of piperazine rings is 1. The third-order valence-electron chi connectivity index (χ3n) is 4.74. The molecule has 1 saturated heterocycles. The van der Waals surface area contributed by atoms with E-state index in [9.17, 15) is 14.9 Å². The van der Waals surface area contributed by atoms with Crippen molar-refractivity contribution in [2.45, 2.75) is 32.5 Å². The standard InChI is InChI=1S/C21H20ClN3O2/c1-14(2)24-13-19(26)25(12-17-6-4-3-5-16(17)11-23)20(21(24)27)15-7-9-18(22)10-8-15/h3-10,14,20H,12-13H2,1-2H3. The number of rotatable bonds is 4. The maximum Gasteiger partial charge on any atom is 0.250 e. The van der Waals surface area contributed by atoms with Crippen LogP contribution in [0.25, 0.3) is 0 Å². The molecule has 6 heteroatoms. The van der Waals surface area contributed by atoms with Gasteiger partial charge in [0, 0.05) is 17.6 Å². The van der Waals surface area contributed by atoms with Crippen LogP contribution in [0.3, 0.4) is 0 Å². The van der Waals surface area contributed by atoms with Crippen LogP contribution in [0.4, 0.5) is 0 Å². The Labute approximate surface area is 163 Å². The van der Waals surface area contributed by atoms with Crippen molar-refractivity contribution in [3.63, 3.8) is 0 Å². The van der Waals surface area contributed by atoms with Gasteiger partial charge in [-0.25, -0.2) is 0 Å². The monoisotopic (exact) mass is 381 g/mol. The number of carbonyl (C=O) groups is 2. The average Bonchev–Trinajstić information content (AvgIpc) is 2.66. The minimum absolute atomic E-state index is 0.0370. The molecule has 2 aromatic rings. The molecule has 0 aromatic heterocycles. The number of nitrogens with zero attached hydrogens (tertiary/aromatic N) is 3. The summed E-state index contributed by atoms with van der Waals surface area (Å²) in [6, 6.07) is 15.4. The van der Waals surface area contributed by atoms with Crippen molar-refractivity contribution in [2.24, 2.45) is 0 Å². The van der Waals surface area contributed by atoms with Crippen LogP contribution in [-0.2, 0) is 16.1 Å². The summed E-state index contributed by atoms with van der Waals surface area (Å²) in [5.41, 5.74) is 1.93. The van der Waals surface area contributed by atoms with Gasteiger partial charge in [0.25, 0.3) is 5.91 Å². The van der Waals surface area contributed by atoms with E-state index >= 15 is 0 Å². The Hall–Kier alpha value is -2.84. The lowest BCUT2D eigenvalue weighted by molar-refractivity contribution is -0.158. The molecule has 27 heavy (non-hydrogen) atoms.